The topological polar surface area (TPSA) is 46.8 Å². The maximum atomic E-state index is 9.55. The molecule has 0 saturated heterocycles. The Balaban J connectivity index is 1.73. The van der Waals surface area contributed by atoms with Gasteiger partial charge in [-0.3, -0.25) is 4.40 Å². The van der Waals surface area contributed by atoms with Crippen LogP contribution in [0.3, 0.4) is 0 Å². The summed E-state index contributed by atoms with van der Waals surface area (Å²) < 4.78 is 7.80. The molecule has 0 fully saturated rings. The zero-order valence-corrected chi connectivity index (χ0v) is 12.2. The van der Waals surface area contributed by atoms with Gasteiger partial charge in [0.25, 0.3) is 0 Å². The van der Waals surface area contributed by atoms with Crippen molar-refractivity contribution in [1.29, 1.82) is 0 Å². The van der Waals surface area contributed by atoms with E-state index in [-0.39, 0.29) is 0 Å². The molecule has 1 aromatic carbocycles. The number of hydrogen-bond donors (Lipinski definition) is 1. The van der Waals surface area contributed by atoms with Crippen molar-refractivity contribution >= 4 is 16.3 Å². The second-order valence-corrected chi connectivity index (χ2v) is 5.69. The molecular formula is C15H16N2O2S. The highest BCUT2D eigenvalue weighted by Gasteiger charge is 2.07. The van der Waals surface area contributed by atoms with E-state index in [1.54, 1.807) is 18.3 Å². The molecule has 4 nitrogen and oxygen atoms in total. The number of aliphatic hydroxyl groups is 1. The van der Waals surface area contributed by atoms with Gasteiger partial charge in [-0.25, -0.2) is 4.98 Å². The number of aryl methyl sites for hydroxylation is 1. The average molecular weight is 288 g/mol. The molecular weight excluding hydrogens is 272 g/mol. The molecule has 0 saturated carbocycles. The van der Waals surface area contributed by atoms with E-state index in [0.29, 0.717) is 6.61 Å². The lowest BCUT2D eigenvalue weighted by atomic mass is 10.1. The van der Waals surface area contributed by atoms with Crippen molar-refractivity contribution in [2.75, 3.05) is 0 Å². The van der Waals surface area contributed by atoms with E-state index in [1.165, 1.54) is 0 Å². The fraction of sp³-hybridized carbons (Fsp3) is 0.267. The summed E-state index contributed by atoms with van der Waals surface area (Å²) in [5.74, 6) is 0.825. The molecule has 0 aliphatic carbocycles. The largest absolute Gasteiger partial charge is 0.487 e. The van der Waals surface area contributed by atoms with E-state index in [2.05, 4.69) is 4.98 Å². The number of ether oxygens (including phenoxy) is 1. The Morgan fingerprint density at radius 1 is 1.45 bits per heavy atom. The third-order valence-electron chi connectivity index (χ3n) is 3.20. The second kappa shape index (κ2) is 5.26. The minimum atomic E-state index is -0.456. The van der Waals surface area contributed by atoms with Crippen LogP contribution in [0.2, 0.25) is 0 Å². The number of fused-ring (bicyclic) bond motifs is 1. The van der Waals surface area contributed by atoms with Gasteiger partial charge in [0.1, 0.15) is 12.4 Å². The number of aromatic nitrogens is 2. The Hall–Kier alpha value is -1.85. The molecule has 2 heterocycles. The molecule has 0 aliphatic rings. The molecule has 5 heteroatoms. The van der Waals surface area contributed by atoms with Gasteiger partial charge in [-0.2, -0.15) is 0 Å². The monoisotopic (exact) mass is 288 g/mol. The standard InChI is InChI=1S/C15H16N2O2S/c1-10-7-12(11(2)18)3-4-14(10)19-9-13-8-17-5-6-20-15(17)16-13/h3-8,11,18H,9H2,1-2H3/t11-/m0/s1. The summed E-state index contributed by atoms with van der Waals surface area (Å²) >= 11 is 1.61. The van der Waals surface area contributed by atoms with Crippen LogP contribution in [0.25, 0.3) is 4.96 Å². The van der Waals surface area contributed by atoms with Gasteiger partial charge in [0.15, 0.2) is 4.96 Å². The molecule has 3 rings (SSSR count). The lowest BCUT2D eigenvalue weighted by Crippen LogP contribution is -1.99. The third-order valence-corrected chi connectivity index (χ3v) is 3.97. The fourth-order valence-corrected chi connectivity index (χ4v) is 2.81. The zero-order chi connectivity index (χ0) is 14.1. The Morgan fingerprint density at radius 3 is 3.00 bits per heavy atom. The van der Waals surface area contributed by atoms with Crippen molar-refractivity contribution in [1.82, 2.24) is 9.38 Å². The zero-order valence-electron chi connectivity index (χ0n) is 11.4. The van der Waals surface area contributed by atoms with E-state index in [0.717, 1.165) is 27.5 Å². The number of hydrogen-bond acceptors (Lipinski definition) is 4. The van der Waals surface area contributed by atoms with Gasteiger partial charge in [-0.1, -0.05) is 6.07 Å². The summed E-state index contributed by atoms with van der Waals surface area (Å²) in [6.07, 6.45) is 3.51. The lowest BCUT2D eigenvalue weighted by Gasteiger charge is -2.11. The molecule has 1 atom stereocenters. The van der Waals surface area contributed by atoms with Crippen LogP contribution in [0.5, 0.6) is 5.75 Å². The van der Waals surface area contributed by atoms with Crippen LogP contribution in [0, 0.1) is 6.92 Å². The second-order valence-electron chi connectivity index (χ2n) is 4.81. The van der Waals surface area contributed by atoms with Gasteiger partial charge in [-0.05, 0) is 37.1 Å². The van der Waals surface area contributed by atoms with Gasteiger partial charge in [0, 0.05) is 17.8 Å². The molecule has 0 unspecified atom stereocenters. The highest BCUT2D eigenvalue weighted by Crippen LogP contribution is 2.23. The van der Waals surface area contributed by atoms with Crippen molar-refractivity contribution in [2.45, 2.75) is 26.6 Å². The van der Waals surface area contributed by atoms with Crippen molar-refractivity contribution in [3.05, 3.63) is 52.8 Å². The van der Waals surface area contributed by atoms with Crippen LogP contribution in [-0.2, 0) is 6.61 Å². The Morgan fingerprint density at radius 2 is 2.30 bits per heavy atom. The van der Waals surface area contributed by atoms with E-state index in [9.17, 15) is 5.11 Å². The number of nitrogens with zero attached hydrogens (tertiary/aromatic N) is 2. The van der Waals surface area contributed by atoms with E-state index in [1.807, 2.05) is 47.3 Å². The molecule has 0 spiro atoms. The smallest absolute Gasteiger partial charge is 0.193 e. The SMILES string of the molecule is Cc1cc([C@H](C)O)ccc1OCc1cn2ccsc2n1. The lowest BCUT2D eigenvalue weighted by molar-refractivity contribution is 0.199. The highest BCUT2D eigenvalue weighted by atomic mass is 32.1. The first-order valence-corrected chi connectivity index (χ1v) is 7.34. The van der Waals surface area contributed by atoms with Crippen LogP contribution in [0.1, 0.15) is 29.8 Å². The molecule has 0 aliphatic heterocycles. The first kappa shape index (κ1) is 13.1. The molecule has 3 aromatic rings. The normalized spacial score (nSPS) is 12.8. The van der Waals surface area contributed by atoms with Crippen LogP contribution in [-0.4, -0.2) is 14.5 Å². The van der Waals surface area contributed by atoms with E-state index < -0.39 is 6.10 Å². The van der Waals surface area contributed by atoms with Crippen molar-refractivity contribution in [3.63, 3.8) is 0 Å². The van der Waals surface area contributed by atoms with Gasteiger partial charge in [0.05, 0.1) is 11.8 Å². The Kier molecular flexibility index (Phi) is 3.46. The van der Waals surface area contributed by atoms with Crippen LogP contribution in [0.4, 0.5) is 0 Å². The first-order valence-electron chi connectivity index (χ1n) is 6.46. The summed E-state index contributed by atoms with van der Waals surface area (Å²) in [6, 6.07) is 5.74. The molecule has 0 radical (unpaired) electrons. The first-order chi connectivity index (χ1) is 9.63. The molecule has 20 heavy (non-hydrogen) atoms. The summed E-state index contributed by atoms with van der Waals surface area (Å²) in [4.78, 5) is 5.46. The molecule has 0 bridgehead atoms. The van der Waals surface area contributed by atoms with Crippen LogP contribution >= 0.6 is 11.3 Å². The predicted molar refractivity (Wildman–Crippen MR) is 79.2 cm³/mol. The number of aliphatic hydroxyl groups excluding tert-OH is 1. The maximum absolute atomic E-state index is 9.55. The molecule has 2 aromatic heterocycles. The van der Waals surface area contributed by atoms with E-state index >= 15 is 0 Å². The molecule has 1 N–H and O–H groups in total. The van der Waals surface area contributed by atoms with Crippen LogP contribution < -0.4 is 4.74 Å². The van der Waals surface area contributed by atoms with Crippen LogP contribution in [0.15, 0.2) is 36.0 Å². The predicted octanol–water partition coefficient (Wildman–Crippen LogP) is 3.34. The van der Waals surface area contributed by atoms with E-state index in [4.69, 9.17) is 4.74 Å². The van der Waals surface area contributed by atoms with Gasteiger partial charge < -0.3 is 9.84 Å². The Labute approximate surface area is 121 Å². The summed E-state index contributed by atoms with van der Waals surface area (Å²) in [7, 11) is 0. The summed E-state index contributed by atoms with van der Waals surface area (Å²) in [6.45, 7) is 4.18. The number of rotatable bonds is 4. The minimum absolute atomic E-state index is 0.448. The fourth-order valence-electron chi connectivity index (χ4n) is 2.09. The number of thiazole rings is 1. The molecule has 104 valence electrons. The number of imidazole rings is 1. The average Bonchev–Trinajstić information content (AvgIpc) is 2.97. The summed E-state index contributed by atoms with van der Waals surface area (Å²) in [5.41, 5.74) is 2.83. The number of benzene rings is 1. The quantitative estimate of drug-likeness (QED) is 0.801. The maximum Gasteiger partial charge on any atom is 0.193 e. The van der Waals surface area contributed by atoms with Crippen molar-refractivity contribution in [3.8, 4) is 5.75 Å². The van der Waals surface area contributed by atoms with Gasteiger partial charge in [-0.15, -0.1) is 11.3 Å². The molecule has 0 amide bonds. The minimum Gasteiger partial charge on any atom is -0.487 e. The van der Waals surface area contributed by atoms with Crippen molar-refractivity contribution in [2.24, 2.45) is 0 Å². The van der Waals surface area contributed by atoms with Gasteiger partial charge >= 0.3 is 0 Å². The van der Waals surface area contributed by atoms with Crippen molar-refractivity contribution < 1.29 is 9.84 Å². The summed E-state index contributed by atoms with van der Waals surface area (Å²) in [5, 5.41) is 11.6. The highest BCUT2D eigenvalue weighted by molar-refractivity contribution is 7.15. The Bertz CT molecular complexity index is 702. The third kappa shape index (κ3) is 2.55. The van der Waals surface area contributed by atoms with Gasteiger partial charge in [0.2, 0.25) is 0 Å².